The van der Waals surface area contributed by atoms with Crippen LogP contribution in [0.1, 0.15) is 31.4 Å². The van der Waals surface area contributed by atoms with Gasteiger partial charge in [-0.2, -0.15) is 0 Å². The number of nitrogens with zero attached hydrogens (tertiary/aromatic N) is 1. The minimum atomic E-state index is 0.133. The zero-order valence-corrected chi connectivity index (χ0v) is 11.4. The number of nitrogens with two attached hydrogens (primary N) is 1. The third kappa shape index (κ3) is 4.02. The quantitative estimate of drug-likeness (QED) is 0.815. The van der Waals surface area contributed by atoms with E-state index in [-0.39, 0.29) is 6.04 Å². The summed E-state index contributed by atoms with van der Waals surface area (Å²) in [6.07, 6.45) is 2.76. The van der Waals surface area contributed by atoms with Crippen LogP contribution in [0.2, 0.25) is 0 Å². The maximum Gasteiger partial charge on any atom is 0.0266 e. The Morgan fingerprint density at radius 2 is 2.12 bits per heavy atom. The molecule has 1 aliphatic heterocycles. The van der Waals surface area contributed by atoms with Gasteiger partial charge in [-0.15, -0.1) is 11.8 Å². The lowest BCUT2D eigenvalue weighted by Gasteiger charge is -2.14. The van der Waals surface area contributed by atoms with Gasteiger partial charge in [0, 0.05) is 23.2 Å². The van der Waals surface area contributed by atoms with Crippen LogP contribution >= 0.6 is 11.8 Å². The van der Waals surface area contributed by atoms with Gasteiger partial charge in [-0.1, -0.05) is 12.1 Å². The Morgan fingerprint density at radius 3 is 2.82 bits per heavy atom. The van der Waals surface area contributed by atoms with Crippen LogP contribution in [0.15, 0.2) is 29.2 Å². The molecule has 1 aromatic rings. The third-order valence-corrected chi connectivity index (χ3v) is 4.23. The van der Waals surface area contributed by atoms with Gasteiger partial charge in [0.2, 0.25) is 0 Å². The maximum atomic E-state index is 5.89. The minimum absolute atomic E-state index is 0.133. The van der Waals surface area contributed by atoms with Gasteiger partial charge in [0.15, 0.2) is 0 Å². The Labute approximate surface area is 109 Å². The van der Waals surface area contributed by atoms with Gasteiger partial charge in [-0.05, 0) is 50.6 Å². The summed E-state index contributed by atoms with van der Waals surface area (Å²) in [7, 11) is 0. The minimum Gasteiger partial charge on any atom is -0.324 e. The average Bonchev–Trinajstić information content (AvgIpc) is 2.82. The maximum absolute atomic E-state index is 5.89. The van der Waals surface area contributed by atoms with E-state index in [1.165, 1.54) is 48.7 Å². The summed E-state index contributed by atoms with van der Waals surface area (Å²) < 4.78 is 0. The third-order valence-electron chi connectivity index (χ3n) is 3.26. The molecule has 0 bridgehead atoms. The zero-order valence-electron chi connectivity index (χ0n) is 10.6. The fourth-order valence-electron chi connectivity index (χ4n) is 2.19. The van der Waals surface area contributed by atoms with Crippen molar-refractivity contribution in [2.45, 2.75) is 30.7 Å². The predicted octanol–water partition coefficient (Wildman–Crippen LogP) is 2.89. The largest absolute Gasteiger partial charge is 0.324 e. The molecule has 0 saturated carbocycles. The van der Waals surface area contributed by atoms with Crippen LogP contribution in [0.5, 0.6) is 0 Å². The topological polar surface area (TPSA) is 29.3 Å². The molecule has 0 radical (unpaired) electrons. The number of hydrogen-bond donors (Lipinski definition) is 1. The fraction of sp³-hybridized carbons (Fsp3) is 0.571. The van der Waals surface area contributed by atoms with Gasteiger partial charge in [-0.3, -0.25) is 0 Å². The van der Waals surface area contributed by atoms with Crippen molar-refractivity contribution < 1.29 is 0 Å². The van der Waals surface area contributed by atoms with Crippen LogP contribution in [0.4, 0.5) is 0 Å². The number of benzene rings is 1. The highest BCUT2D eigenvalue weighted by atomic mass is 32.2. The van der Waals surface area contributed by atoms with E-state index in [0.29, 0.717) is 0 Å². The monoisotopic (exact) mass is 250 g/mol. The van der Waals surface area contributed by atoms with Gasteiger partial charge in [-0.25, -0.2) is 0 Å². The van der Waals surface area contributed by atoms with Crippen LogP contribution in [-0.4, -0.2) is 30.3 Å². The lowest BCUT2D eigenvalue weighted by atomic mass is 10.1. The van der Waals surface area contributed by atoms with E-state index in [1.807, 2.05) is 18.7 Å². The SMILES string of the molecule is CC(N)c1cccc(SCCN2CCCC2)c1. The first-order valence-electron chi connectivity index (χ1n) is 6.46. The van der Waals surface area contributed by atoms with Gasteiger partial charge in [0.05, 0.1) is 0 Å². The molecule has 94 valence electrons. The first-order chi connectivity index (χ1) is 8.25. The lowest BCUT2D eigenvalue weighted by molar-refractivity contribution is 0.362. The van der Waals surface area contributed by atoms with Gasteiger partial charge < -0.3 is 10.6 Å². The zero-order chi connectivity index (χ0) is 12.1. The summed E-state index contributed by atoms with van der Waals surface area (Å²) in [6, 6.07) is 8.75. The van der Waals surface area contributed by atoms with Crippen molar-refractivity contribution in [3.05, 3.63) is 29.8 Å². The average molecular weight is 250 g/mol. The molecule has 17 heavy (non-hydrogen) atoms. The highest BCUT2D eigenvalue weighted by Crippen LogP contribution is 2.22. The van der Waals surface area contributed by atoms with Crippen LogP contribution in [0.25, 0.3) is 0 Å². The van der Waals surface area contributed by atoms with Crippen molar-refractivity contribution in [3.63, 3.8) is 0 Å². The van der Waals surface area contributed by atoms with Crippen LogP contribution in [-0.2, 0) is 0 Å². The number of thioether (sulfide) groups is 1. The molecule has 0 aliphatic carbocycles. The molecule has 1 unspecified atom stereocenters. The summed E-state index contributed by atoms with van der Waals surface area (Å²) in [5, 5.41) is 0. The molecule has 2 nitrogen and oxygen atoms in total. The Kier molecular flexibility index (Phi) is 4.89. The van der Waals surface area contributed by atoms with E-state index < -0.39 is 0 Å². The Hall–Kier alpha value is -0.510. The second-order valence-corrected chi connectivity index (χ2v) is 5.93. The number of hydrogen-bond acceptors (Lipinski definition) is 3. The molecule has 2 rings (SSSR count). The van der Waals surface area contributed by atoms with Gasteiger partial charge in [0.1, 0.15) is 0 Å². The second kappa shape index (κ2) is 6.43. The molecule has 0 spiro atoms. The Morgan fingerprint density at radius 1 is 1.35 bits per heavy atom. The Bertz CT molecular complexity index is 346. The first-order valence-corrected chi connectivity index (χ1v) is 7.45. The van der Waals surface area contributed by atoms with Crippen molar-refractivity contribution in [2.75, 3.05) is 25.4 Å². The molecular weight excluding hydrogens is 228 g/mol. The molecule has 0 amide bonds. The van der Waals surface area contributed by atoms with E-state index in [1.54, 1.807) is 0 Å². The van der Waals surface area contributed by atoms with E-state index in [0.717, 1.165) is 0 Å². The van der Waals surface area contributed by atoms with Crippen molar-refractivity contribution in [3.8, 4) is 0 Å². The molecule has 1 heterocycles. The van der Waals surface area contributed by atoms with Crippen molar-refractivity contribution in [1.29, 1.82) is 0 Å². The van der Waals surface area contributed by atoms with E-state index in [9.17, 15) is 0 Å². The van der Waals surface area contributed by atoms with Gasteiger partial charge in [0.25, 0.3) is 0 Å². The normalized spacial score (nSPS) is 18.5. The fourth-order valence-corrected chi connectivity index (χ4v) is 3.17. The summed E-state index contributed by atoms with van der Waals surface area (Å²) in [5.74, 6) is 1.18. The molecule has 1 atom stereocenters. The summed E-state index contributed by atoms with van der Waals surface area (Å²) in [6.45, 7) is 5.84. The van der Waals surface area contributed by atoms with Crippen LogP contribution < -0.4 is 5.73 Å². The first kappa shape index (κ1) is 12.9. The second-order valence-electron chi connectivity index (χ2n) is 4.76. The van der Waals surface area contributed by atoms with E-state index in [4.69, 9.17) is 5.73 Å². The molecule has 1 saturated heterocycles. The standard InChI is InChI=1S/C14H22N2S/c1-12(15)13-5-4-6-14(11-13)17-10-9-16-7-2-3-8-16/h4-6,11-12H,2-3,7-10,15H2,1H3. The molecule has 2 N–H and O–H groups in total. The molecular formula is C14H22N2S. The molecule has 3 heteroatoms. The molecule has 1 aromatic carbocycles. The summed E-state index contributed by atoms with van der Waals surface area (Å²) >= 11 is 1.94. The highest BCUT2D eigenvalue weighted by Gasteiger charge is 2.10. The highest BCUT2D eigenvalue weighted by molar-refractivity contribution is 7.99. The summed E-state index contributed by atoms with van der Waals surface area (Å²) in [5.41, 5.74) is 7.13. The molecule has 1 aliphatic rings. The van der Waals surface area contributed by atoms with Gasteiger partial charge >= 0.3 is 0 Å². The van der Waals surface area contributed by atoms with E-state index >= 15 is 0 Å². The Balaban J connectivity index is 1.79. The predicted molar refractivity (Wildman–Crippen MR) is 75.4 cm³/mol. The van der Waals surface area contributed by atoms with Crippen molar-refractivity contribution >= 4 is 11.8 Å². The van der Waals surface area contributed by atoms with Crippen molar-refractivity contribution in [1.82, 2.24) is 4.90 Å². The number of likely N-dealkylation sites (tertiary alicyclic amines) is 1. The van der Waals surface area contributed by atoms with Crippen LogP contribution in [0, 0.1) is 0 Å². The van der Waals surface area contributed by atoms with Crippen molar-refractivity contribution in [2.24, 2.45) is 5.73 Å². The molecule has 0 aromatic heterocycles. The van der Waals surface area contributed by atoms with E-state index in [2.05, 4.69) is 29.2 Å². The lowest BCUT2D eigenvalue weighted by Crippen LogP contribution is -2.21. The molecule has 1 fully saturated rings. The summed E-state index contributed by atoms with van der Waals surface area (Å²) in [4.78, 5) is 3.90. The smallest absolute Gasteiger partial charge is 0.0266 e. The number of rotatable bonds is 5. The van der Waals surface area contributed by atoms with Crippen LogP contribution in [0.3, 0.4) is 0 Å².